The predicted molar refractivity (Wildman–Crippen MR) is 102 cm³/mol. The number of amides is 1. The molecule has 130 valence electrons. The van der Waals surface area contributed by atoms with E-state index in [-0.39, 0.29) is 18.3 Å². The van der Waals surface area contributed by atoms with Gasteiger partial charge >= 0.3 is 0 Å². The zero-order valence-corrected chi connectivity index (χ0v) is 15.2. The summed E-state index contributed by atoms with van der Waals surface area (Å²) in [6, 6.07) is 13.4. The maximum Gasteiger partial charge on any atom is 0.227 e. The van der Waals surface area contributed by atoms with E-state index < -0.39 is 0 Å². The molecule has 0 aliphatic rings. The van der Waals surface area contributed by atoms with Crippen LogP contribution in [0, 0.1) is 6.92 Å². The van der Waals surface area contributed by atoms with Gasteiger partial charge in [0.15, 0.2) is 0 Å². The molecule has 0 aliphatic heterocycles. The number of hydrogen-bond donors (Lipinski definition) is 2. The molecule has 2 rings (SSSR count). The summed E-state index contributed by atoms with van der Waals surface area (Å²) in [4.78, 5) is 12.0. The third-order valence-electron chi connectivity index (χ3n) is 3.68. The number of nitrogens with one attached hydrogen (secondary N) is 1. The van der Waals surface area contributed by atoms with Gasteiger partial charge in [0.05, 0.1) is 13.0 Å². The van der Waals surface area contributed by atoms with E-state index in [1.165, 1.54) is 5.56 Å². The summed E-state index contributed by atoms with van der Waals surface area (Å²) in [7, 11) is 0. The fourth-order valence-corrected chi connectivity index (χ4v) is 2.20. The number of carbonyl (C=O) groups is 1. The molecule has 0 unspecified atom stereocenters. The Kier molecular flexibility index (Phi) is 7.59. The number of ether oxygens (including phenoxy) is 1. The van der Waals surface area contributed by atoms with Gasteiger partial charge < -0.3 is 15.8 Å². The van der Waals surface area contributed by atoms with Crippen LogP contribution in [0.25, 0.3) is 0 Å². The van der Waals surface area contributed by atoms with E-state index in [0.29, 0.717) is 24.6 Å². The lowest BCUT2D eigenvalue weighted by molar-refractivity contribution is -0.116. The second-order valence-electron chi connectivity index (χ2n) is 5.94. The van der Waals surface area contributed by atoms with Crippen molar-refractivity contribution in [3.63, 3.8) is 0 Å². The highest BCUT2D eigenvalue weighted by Crippen LogP contribution is 2.20. The van der Waals surface area contributed by atoms with Gasteiger partial charge in [0, 0.05) is 11.4 Å². The van der Waals surface area contributed by atoms with Crippen LogP contribution >= 0.6 is 12.4 Å². The lowest BCUT2D eigenvalue weighted by Crippen LogP contribution is -2.16. The molecule has 0 aliphatic carbocycles. The molecule has 24 heavy (non-hydrogen) atoms. The second-order valence-corrected chi connectivity index (χ2v) is 5.94. The Morgan fingerprint density at radius 1 is 1.17 bits per heavy atom. The average Bonchev–Trinajstić information content (AvgIpc) is 2.51. The van der Waals surface area contributed by atoms with E-state index in [1.54, 1.807) is 6.07 Å². The molecule has 0 saturated heterocycles. The number of nitrogen functional groups attached to an aromatic ring is 1. The number of rotatable bonds is 6. The Balaban J connectivity index is 0.00000288. The highest BCUT2D eigenvalue weighted by atomic mass is 35.5. The van der Waals surface area contributed by atoms with Crippen molar-refractivity contribution in [1.82, 2.24) is 0 Å². The zero-order chi connectivity index (χ0) is 16.8. The van der Waals surface area contributed by atoms with Gasteiger partial charge in [0.2, 0.25) is 5.91 Å². The van der Waals surface area contributed by atoms with Crippen LogP contribution in [0.1, 0.15) is 37.3 Å². The van der Waals surface area contributed by atoms with Crippen LogP contribution in [0.3, 0.4) is 0 Å². The van der Waals surface area contributed by atoms with Gasteiger partial charge in [-0.15, -0.1) is 12.4 Å². The number of hydrogen-bond acceptors (Lipinski definition) is 3. The van der Waals surface area contributed by atoms with Gasteiger partial charge in [-0.1, -0.05) is 32.0 Å². The van der Waals surface area contributed by atoms with Crippen LogP contribution in [0.2, 0.25) is 0 Å². The molecule has 4 nitrogen and oxygen atoms in total. The van der Waals surface area contributed by atoms with E-state index in [9.17, 15) is 4.79 Å². The van der Waals surface area contributed by atoms with Crippen molar-refractivity contribution >= 4 is 29.7 Å². The van der Waals surface area contributed by atoms with Crippen LogP contribution in [-0.2, 0) is 4.79 Å². The van der Waals surface area contributed by atoms with Crippen molar-refractivity contribution in [1.29, 1.82) is 0 Å². The third kappa shape index (κ3) is 5.78. The molecule has 0 atom stereocenters. The SMILES string of the molecule is Cc1ccc(N)cc1NC(=O)CCOc1ccc(C(C)C)cc1.Cl. The Morgan fingerprint density at radius 2 is 1.83 bits per heavy atom. The molecular formula is C19H25ClN2O2. The molecule has 0 radical (unpaired) electrons. The minimum absolute atomic E-state index is 0. The van der Waals surface area contributed by atoms with Crippen LogP contribution < -0.4 is 15.8 Å². The first kappa shape index (κ1) is 19.8. The molecule has 2 aromatic rings. The number of anilines is 2. The normalized spacial score (nSPS) is 10.2. The van der Waals surface area contributed by atoms with E-state index in [1.807, 2.05) is 31.2 Å². The summed E-state index contributed by atoms with van der Waals surface area (Å²) in [5, 5.41) is 2.86. The third-order valence-corrected chi connectivity index (χ3v) is 3.68. The fraction of sp³-hybridized carbons (Fsp3) is 0.316. The summed E-state index contributed by atoms with van der Waals surface area (Å²) >= 11 is 0. The van der Waals surface area contributed by atoms with E-state index >= 15 is 0 Å². The van der Waals surface area contributed by atoms with Gasteiger partial charge in [0.1, 0.15) is 5.75 Å². The fourth-order valence-electron chi connectivity index (χ4n) is 2.20. The first-order valence-corrected chi connectivity index (χ1v) is 7.84. The molecule has 0 heterocycles. The Morgan fingerprint density at radius 3 is 2.46 bits per heavy atom. The van der Waals surface area contributed by atoms with Crippen LogP contribution in [-0.4, -0.2) is 12.5 Å². The van der Waals surface area contributed by atoms with Gasteiger partial charge in [-0.2, -0.15) is 0 Å². The standard InChI is InChI=1S/C19H24N2O2.ClH/c1-13(2)15-5-8-17(9-6-15)23-11-10-19(22)21-18-12-16(20)7-4-14(18)3;/h4-9,12-13H,10-11,20H2,1-3H3,(H,21,22);1H. The number of carbonyl (C=O) groups excluding carboxylic acids is 1. The molecule has 0 saturated carbocycles. The average molecular weight is 349 g/mol. The van der Waals surface area contributed by atoms with Crippen molar-refractivity contribution in [2.45, 2.75) is 33.1 Å². The molecule has 0 fully saturated rings. The van der Waals surface area contributed by atoms with Crippen molar-refractivity contribution in [3.05, 3.63) is 53.6 Å². The number of nitrogens with two attached hydrogens (primary N) is 1. The first-order valence-electron chi connectivity index (χ1n) is 7.84. The van der Waals surface area contributed by atoms with Gasteiger partial charge in [0.25, 0.3) is 0 Å². The summed E-state index contributed by atoms with van der Waals surface area (Å²) in [6.45, 7) is 6.58. The van der Waals surface area contributed by atoms with Gasteiger partial charge in [-0.25, -0.2) is 0 Å². The van der Waals surface area contributed by atoms with Crippen molar-refractivity contribution in [2.24, 2.45) is 0 Å². The Hall–Kier alpha value is -2.20. The minimum atomic E-state index is -0.0856. The maximum atomic E-state index is 12.0. The number of aryl methyl sites for hydroxylation is 1. The number of halogens is 1. The summed E-state index contributed by atoms with van der Waals surface area (Å²) in [5.74, 6) is 1.19. The smallest absolute Gasteiger partial charge is 0.227 e. The maximum absolute atomic E-state index is 12.0. The van der Waals surface area contributed by atoms with E-state index in [0.717, 1.165) is 17.0 Å². The molecule has 2 aromatic carbocycles. The van der Waals surface area contributed by atoms with Crippen LogP contribution in [0.5, 0.6) is 5.75 Å². The molecule has 0 bridgehead atoms. The minimum Gasteiger partial charge on any atom is -0.493 e. The van der Waals surface area contributed by atoms with Gasteiger partial charge in [-0.05, 0) is 48.2 Å². The predicted octanol–water partition coefficient (Wildman–Crippen LogP) is 4.53. The van der Waals surface area contributed by atoms with Gasteiger partial charge in [-0.3, -0.25) is 4.79 Å². The lowest BCUT2D eigenvalue weighted by atomic mass is 10.0. The summed E-state index contributed by atoms with van der Waals surface area (Å²) < 4.78 is 5.62. The van der Waals surface area contributed by atoms with Crippen LogP contribution in [0.4, 0.5) is 11.4 Å². The Bertz CT molecular complexity index is 670. The molecule has 0 aromatic heterocycles. The first-order chi connectivity index (χ1) is 11.0. The quantitative estimate of drug-likeness (QED) is 0.754. The van der Waals surface area contributed by atoms with Crippen molar-refractivity contribution in [3.8, 4) is 5.75 Å². The molecular weight excluding hydrogens is 324 g/mol. The summed E-state index contributed by atoms with van der Waals surface area (Å²) in [6.07, 6.45) is 0.292. The summed E-state index contributed by atoms with van der Waals surface area (Å²) in [5.41, 5.74) is 9.37. The largest absolute Gasteiger partial charge is 0.493 e. The molecule has 5 heteroatoms. The second kappa shape index (κ2) is 9.18. The topological polar surface area (TPSA) is 64.3 Å². The van der Waals surface area contributed by atoms with E-state index in [4.69, 9.17) is 10.5 Å². The van der Waals surface area contributed by atoms with E-state index in [2.05, 4.69) is 31.3 Å². The molecule has 1 amide bonds. The zero-order valence-electron chi connectivity index (χ0n) is 14.3. The monoisotopic (exact) mass is 348 g/mol. The molecule has 0 spiro atoms. The lowest BCUT2D eigenvalue weighted by Gasteiger charge is -2.11. The number of benzene rings is 2. The molecule has 3 N–H and O–H groups in total. The highest BCUT2D eigenvalue weighted by molar-refractivity contribution is 5.92. The van der Waals surface area contributed by atoms with Crippen molar-refractivity contribution < 1.29 is 9.53 Å². The van der Waals surface area contributed by atoms with Crippen LogP contribution in [0.15, 0.2) is 42.5 Å². The Labute approximate surface area is 149 Å². The highest BCUT2D eigenvalue weighted by Gasteiger charge is 2.06. The van der Waals surface area contributed by atoms with Crippen molar-refractivity contribution in [2.75, 3.05) is 17.7 Å².